The van der Waals surface area contributed by atoms with Gasteiger partial charge in [-0.3, -0.25) is 0 Å². The quantitative estimate of drug-likeness (QED) is 0.144. The summed E-state index contributed by atoms with van der Waals surface area (Å²) in [5, 5.41) is 0. The molecule has 4 nitrogen and oxygen atoms in total. The Morgan fingerprint density at radius 2 is 0.755 bits per heavy atom. The first kappa shape index (κ1) is 26.2. The first-order valence-corrected chi connectivity index (χ1v) is 20.0. The summed E-state index contributed by atoms with van der Waals surface area (Å²) in [6, 6.07) is 50.2. The minimum absolute atomic E-state index is 0.0813. The number of anilines is 8. The second-order valence-corrected chi connectivity index (χ2v) is 17.7. The van der Waals surface area contributed by atoms with Gasteiger partial charge in [-0.2, -0.15) is 0 Å². The maximum atomic E-state index is 2.68. The number of nitrogens with zero attached hydrogens (tertiary/aromatic N) is 4. The van der Waals surface area contributed by atoms with E-state index in [0.717, 1.165) is 0 Å². The zero-order valence-corrected chi connectivity index (χ0v) is 29.2. The van der Waals surface area contributed by atoms with Gasteiger partial charge in [-0.15, -0.1) is 0 Å². The fourth-order valence-electron chi connectivity index (χ4n) is 9.17. The standard InChI is InChI=1S/C40H22B2N4S2Se/c1-3-13-25-23(11-1)35-36-24-12-2-4-14-26(24)44-30-18-10-22-34-38(30)46(28-16-6-8-20-32(28)48-34)42(44)40(36)49-39(35)41-43(25)29-17-9-21-33-37(29)45(41)27-15-5-7-19-31(27)47-33/h1-22H. The maximum absolute atomic E-state index is 2.68. The van der Waals surface area contributed by atoms with Crippen LogP contribution in [0.25, 0.3) is 22.3 Å². The average Bonchev–Trinajstić information content (AvgIpc) is 3.83. The van der Waals surface area contributed by atoms with Gasteiger partial charge in [0, 0.05) is 0 Å². The Bertz CT molecular complexity index is 2480. The fourth-order valence-corrected chi connectivity index (χ4v) is 14.5. The molecule has 0 unspecified atom stereocenters. The molecular formula is C40H22B2N4S2Se. The van der Waals surface area contributed by atoms with Crippen molar-refractivity contribution >= 4 is 106 Å². The van der Waals surface area contributed by atoms with E-state index in [1.54, 1.807) is 8.67 Å². The van der Waals surface area contributed by atoms with Crippen LogP contribution < -0.4 is 27.9 Å². The molecule has 0 bridgehead atoms. The van der Waals surface area contributed by atoms with Crippen molar-refractivity contribution in [2.45, 2.75) is 19.6 Å². The summed E-state index contributed by atoms with van der Waals surface area (Å²) in [4.78, 5) is 16.0. The van der Waals surface area contributed by atoms with E-state index in [1.807, 2.05) is 23.5 Å². The molecule has 0 N–H and O–H groups in total. The van der Waals surface area contributed by atoms with Crippen molar-refractivity contribution in [2.75, 3.05) is 19.2 Å². The molecule has 13 rings (SSSR count). The Morgan fingerprint density at radius 1 is 0.367 bits per heavy atom. The molecule has 1 aromatic heterocycles. The van der Waals surface area contributed by atoms with Gasteiger partial charge in [0.25, 0.3) is 0 Å². The van der Waals surface area contributed by atoms with Crippen molar-refractivity contribution in [3.63, 3.8) is 0 Å². The predicted octanol–water partition coefficient (Wildman–Crippen LogP) is 9.00. The summed E-state index contributed by atoms with van der Waals surface area (Å²) in [6.07, 6.45) is 0. The molecule has 6 aliphatic heterocycles. The second-order valence-electron chi connectivity index (χ2n) is 13.2. The van der Waals surface area contributed by atoms with Crippen LogP contribution in [0.15, 0.2) is 153 Å². The van der Waals surface area contributed by atoms with Gasteiger partial charge in [0.2, 0.25) is 0 Å². The van der Waals surface area contributed by atoms with Crippen LogP contribution >= 0.6 is 23.5 Å². The molecule has 6 aliphatic rings. The van der Waals surface area contributed by atoms with Crippen molar-refractivity contribution in [3.05, 3.63) is 133 Å². The van der Waals surface area contributed by atoms with Gasteiger partial charge in [0.1, 0.15) is 0 Å². The predicted molar refractivity (Wildman–Crippen MR) is 208 cm³/mol. The van der Waals surface area contributed by atoms with Gasteiger partial charge >= 0.3 is 301 Å². The zero-order valence-electron chi connectivity index (χ0n) is 25.9. The third-order valence-electron chi connectivity index (χ3n) is 10.9. The fraction of sp³-hybridized carbons (Fsp3) is 0. The Labute approximate surface area is 299 Å². The second kappa shape index (κ2) is 9.12. The van der Waals surface area contributed by atoms with Gasteiger partial charge in [-0.1, -0.05) is 0 Å². The first-order valence-electron chi connectivity index (χ1n) is 16.7. The van der Waals surface area contributed by atoms with Crippen molar-refractivity contribution in [1.82, 2.24) is 0 Å². The van der Waals surface area contributed by atoms with Crippen LogP contribution in [-0.4, -0.2) is 28.5 Å². The molecule has 0 saturated heterocycles. The van der Waals surface area contributed by atoms with E-state index in [4.69, 9.17) is 0 Å². The Hall–Kier alpha value is -4.65. The average molecular weight is 723 g/mol. The van der Waals surface area contributed by atoms with Crippen molar-refractivity contribution in [2.24, 2.45) is 0 Å². The molecule has 0 radical (unpaired) electrons. The molecule has 7 aromatic rings. The molecule has 9 heteroatoms. The van der Waals surface area contributed by atoms with E-state index in [0.29, 0.717) is 0 Å². The van der Waals surface area contributed by atoms with E-state index >= 15 is 0 Å². The monoisotopic (exact) mass is 724 g/mol. The number of para-hydroxylation sites is 6. The van der Waals surface area contributed by atoms with E-state index in [-0.39, 0.29) is 28.5 Å². The number of hydrogen-bond acceptors (Lipinski definition) is 6. The number of fused-ring (bicyclic) bond motifs is 21. The summed E-state index contributed by atoms with van der Waals surface area (Å²) in [6.45, 7) is 0.163. The van der Waals surface area contributed by atoms with Crippen LogP contribution in [0, 0.1) is 0 Å². The topological polar surface area (TPSA) is 13.0 Å². The van der Waals surface area contributed by atoms with Crippen LogP contribution in [0.3, 0.4) is 0 Å². The molecule has 6 aromatic carbocycles. The Kier molecular flexibility index (Phi) is 4.88. The van der Waals surface area contributed by atoms with Crippen molar-refractivity contribution in [1.29, 1.82) is 0 Å². The van der Waals surface area contributed by atoms with Crippen molar-refractivity contribution < 1.29 is 0 Å². The number of rotatable bonds is 0. The van der Waals surface area contributed by atoms with Gasteiger partial charge in [-0.25, -0.2) is 0 Å². The van der Waals surface area contributed by atoms with Gasteiger partial charge < -0.3 is 0 Å². The summed E-state index contributed by atoms with van der Waals surface area (Å²) >= 11 is 3.90. The SMILES string of the molecule is c1ccc2c(c1)Sc1cccc3c1N2B1c2[se]c4c(c2-c2ccccc2N13)-c1ccccc1N1B4N2c3ccccc3Sc3cccc1c32. The van der Waals surface area contributed by atoms with Crippen LogP contribution in [-0.2, 0) is 0 Å². The summed E-state index contributed by atoms with van der Waals surface area (Å²) < 4.78 is 3.13. The van der Waals surface area contributed by atoms with E-state index < -0.39 is 0 Å². The van der Waals surface area contributed by atoms with Crippen LogP contribution in [0.4, 0.5) is 45.5 Å². The molecule has 0 spiro atoms. The molecule has 0 amide bonds. The van der Waals surface area contributed by atoms with E-state index in [9.17, 15) is 0 Å². The molecular weight excluding hydrogens is 701 g/mol. The number of hydrogen-bond donors (Lipinski definition) is 0. The molecule has 7 heterocycles. The van der Waals surface area contributed by atoms with Crippen LogP contribution in [0.2, 0.25) is 0 Å². The van der Waals surface area contributed by atoms with E-state index in [2.05, 4.69) is 153 Å². The Balaban J connectivity index is 1.15. The molecule has 49 heavy (non-hydrogen) atoms. The van der Waals surface area contributed by atoms with Gasteiger partial charge in [0.15, 0.2) is 0 Å². The van der Waals surface area contributed by atoms with Crippen LogP contribution in [0.1, 0.15) is 0 Å². The summed E-state index contributed by atoms with van der Waals surface area (Å²) in [5.41, 5.74) is 16.2. The molecule has 0 atom stereocenters. The van der Waals surface area contributed by atoms with Gasteiger partial charge in [-0.05, 0) is 0 Å². The normalized spacial score (nSPS) is 15.8. The minimum atomic E-state index is 0.0813. The zero-order chi connectivity index (χ0) is 31.5. The molecule has 0 aliphatic carbocycles. The molecule has 0 fully saturated rings. The molecule has 0 saturated carbocycles. The Morgan fingerprint density at radius 3 is 1.24 bits per heavy atom. The summed E-state index contributed by atoms with van der Waals surface area (Å²) in [7, 11) is 0. The summed E-state index contributed by atoms with van der Waals surface area (Å²) in [5.74, 6) is 0. The van der Waals surface area contributed by atoms with E-state index in [1.165, 1.54) is 87.3 Å². The van der Waals surface area contributed by atoms with Crippen molar-refractivity contribution in [3.8, 4) is 22.3 Å². The van der Waals surface area contributed by atoms with Gasteiger partial charge in [0.05, 0.1) is 0 Å². The third kappa shape index (κ3) is 3.07. The number of benzene rings is 6. The van der Waals surface area contributed by atoms with Crippen LogP contribution in [0.5, 0.6) is 0 Å². The third-order valence-corrected chi connectivity index (χ3v) is 15.8. The molecule has 226 valence electrons. The first-order chi connectivity index (χ1) is 24.3.